The lowest BCUT2D eigenvalue weighted by Gasteiger charge is -2.38. The van der Waals surface area contributed by atoms with Crippen LogP contribution in [0.4, 0.5) is 0 Å². The van der Waals surface area contributed by atoms with Gasteiger partial charge in [0.1, 0.15) is 6.61 Å². The highest BCUT2D eigenvalue weighted by Crippen LogP contribution is 2.47. The minimum absolute atomic E-state index is 0.499. The predicted molar refractivity (Wildman–Crippen MR) is 98.9 cm³/mol. The van der Waals surface area contributed by atoms with Gasteiger partial charge in [0.25, 0.3) is 0 Å². The average molecular weight is 346 g/mol. The van der Waals surface area contributed by atoms with Crippen molar-refractivity contribution in [1.29, 1.82) is 0 Å². The molecule has 1 aliphatic heterocycles. The van der Waals surface area contributed by atoms with E-state index in [0.29, 0.717) is 31.1 Å². The Kier molecular flexibility index (Phi) is 6.13. The zero-order valence-corrected chi connectivity index (χ0v) is 15.5. The molecule has 0 atom stereocenters. The molecule has 0 radical (unpaired) electrons. The van der Waals surface area contributed by atoms with Crippen LogP contribution in [-0.4, -0.2) is 55.8 Å². The van der Waals surface area contributed by atoms with Gasteiger partial charge < -0.3 is 19.7 Å². The standard InChI is InChI=1S/C19H30N4O2/c1-3-20-18(23-11-9-19(15-23)7-5-8-19)22-14-16-6-4-10-21-17(16)25-13-12-24-2/h4,6,10H,3,5,7-9,11-15H2,1-2H3,(H,20,22). The molecule has 2 aliphatic rings. The number of aromatic nitrogens is 1. The largest absolute Gasteiger partial charge is 0.475 e. The molecule has 1 spiro atoms. The molecule has 0 amide bonds. The van der Waals surface area contributed by atoms with E-state index in [2.05, 4.69) is 22.1 Å². The summed E-state index contributed by atoms with van der Waals surface area (Å²) in [7, 11) is 1.67. The fraction of sp³-hybridized carbons (Fsp3) is 0.684. The number of pyridine rings is 1. The first kappa shape index (κ1) is 18.0. The molecule has 2 fully saturated rings. The van der Waals surface area contributed by atoms with Crippen LogP contribution in [0, 0.1) is 5.41 Å². The first-order chi connectivity index (χ1) is 12.3. The van der Waals surface area contributed by atoms with E-state index in [1.807, 2.05) is 12.1 Å². The van der Waals surface area contributed by atoms with Crippen LogP contribution in [0.5, 0.6) is 5.88 Å². The normalized spacial score (nSPS) is 19.1. The van der Waals surface area contributed by atoms with Crippen molar-refractivity contribution in [3.8, 4) is 5.88 Å². The van der Waals surface area contributed by atoms with Crippen molar-refractivity contribution in [2.24, 2.45) is 10.4 Å². The van der Waals surface area contributed by atoms with Crippen molar-refractivity contribution < 1.29 is 9.47 Å². The summed E-state index contributed by atoms with van der Waals surface area (Å²) in [5.41, 5.74) is 1.57. The molecule has 1 aromatic rings. The number of guanidine groups is 1. The zero-order valence-electron chi connectivity index (χ0n) is 15.5. The molecule has 0 bridgehead atoms. The SMILES string of the molecule is CCNC(=NCc1cccnc1OCCOC)N1CCC2(CCC2)C1. The first-order valence-corrected chi connectivity index (χ1v) is 9.35. The summed E-state index contributed by atoms with van der Waals surface area (Å²) in [6, 6.07) is 3.96. The van der Waals surface area contributed by atoms with Gasteiger partial charge in [-0.1, -0.05) is 12.5 Å². The Balaban J connectivity index is 1.65. The number of nitrogens with one attached hydrogen (secondary N) is 1. The number of rotatable bonds is 7. The number of nitrogens with zero attached hydrogens (tertiary/aromatic N) is 3. The fourth-order valence-electron chi connectivity index (χ4n) is 3.68. The van der Waals surface area contributed by atoms with E-state index < -0.39 is 0 Å². The van der Waals surface area contributed by atoms with Crippen molar-refractivity contribution in [3.63, 3.8) is 0 Å². The minimum Gasteiger partial charge on any atom is -0.475 e. The highest BCUT2D eigenvalue weighted by molar-refractivity contribution is 5.80. The number of ether oxygens (including phenoxy) is 2. The number of hydrogen-bond acceptors (Lipinski definition) is 4. The van der Waals surface area contributed by atoms with Crippen LogP contribution in [0.2, 0.25) is 0 Å². The monoisotopic (exact) mass is 346 g/mol. The molecule has 1 aromatic heterocycles. The van der Waals surface area contributed by atoms with Gasteiger partial charge in [-0.2, -0.15) is 0 Å². The van der Waals surface area contributed by atoms with E-state index in [9.17, 15) is 0 Å². The Morgan fingerprint density at radius 1 is 1.36 bits per heavy atom. The van der Waals surface area contributed by atoms with Crippen LogP contribution in [0.25, 0.3) is 0 Å². The second-order valence-electron chi connectivity index (χ2n) is 7.00. The van der Waals surface area contributed by atoms with Gasteiger partial charge in [-0.25, -0.2) is 9.98 Å². The maximum Gasteiger partial charge on any atom is 0.218 e. The summed E-state index contributed by atoms with van der Waals surface area (Å²) in [4.78, 5) is 11.6. The Hall–Kier alpha value is -1.82. The van der Waals surface area contributed by atoms with E-state index in [1.165, 1.54) is 25.7 Å². The molecule has 2 heterocycles. The first-order valence-electron chi connectivity index (χ1n) is 9.35. The average Bonchev–Trinajstić information content (AvgIpc) is 3.06. The number of likely N-dealkylation sites (tertiary alicyclic amines) is 1. The van der Waals surface area contributed by atoms with Gasteiger partial charge in [0.05, 0.1) is 13.2 Å². The van der Waals surface area contributed by atoms with Gasteiger partial charge in [-0.15, -0.1) is 0 Å². The molecule has 1 aliphatic carbocycles. The summed E-state index contributed by atoms with van der Waals surface area (Å²) in [6.45, 7) is 6.87. The van der Waals surface area contributed by atoms with Crippen LogP contribution in [0.3, 0.4) is 0 Å². The van der Waals surface area contributed by atoms with Crippen molar-refractivity contribution in [3.05, 3.63) is 23.9 Å². The van der Waals surface area contributed by atoms with Crippen LogP contribution >= 0.6 is 0 Å². The summed E-state index contributed by atoms with van der Waals surface area (Å²) >= 11 is 0. The zero-order chi connectivity index (χ0) is 17.5. The van der Waals surface area contributed by atoms with Crippen molar-refractivity contribution >= 4 is 5.96 Å². The minimum atomic E-state index is 0.499. The molecule has 1 saturated heterocycles. The Morgan fingerprint density at radius 2 is 2.24 bits per heavy atom. The molecule has 138 valence electrons. The summed E-state index contributed by atoms with van der Waals surface area (Å²) in [5.74, 6) is 1.66. The van der Waals surface area contributed by atoms with Crippen molar-refractivity contribution in [2.45, 2.75) is 39.2 Å². The van der Waals surface area contributed by atoms with Gasteiger partial charge >= 0.3 is 0 Å². The fourth-order valence-corrected chi connectivity index (χ4v) is 3.68. The highest BCUT2D eigenvalue weighted by Gasteiger charge is 2.43. The third-order valence-corrected chi connectivity index (χ3v) is 5.26. The van der Waals surface area contributed by atoms with Crippen molar-refractivity contribution in [1.82, 2.24) is 15.2 Å². The van der Waals surface area contributed by atoms with E-state index in [4.69, 9.17) is 14.5 Å². The predicted octanol–water partition coefficient (Wildman–Crippen LogP) is 2.45. The number of hydrogen-bond donors (Lipinski definition) is 1. The van der Waals surface area contributed by atoms with E-state index in [-0.39, 0.29) is 0 Å². The maximum absolute atomic E-state index is 5.72. The smallest absolute Gasteiger partial charge is 0.218 e. The Morgan fingerprint density at radius 3 is 2.92 bits per heavy atom. The molecule has 0 unspecified atom stereocenters. The second-order valence-corrected chi connectivity index (χ2v) is 7.00. The third kappa shape index (κ3) is 4.42. The molecule has 1 N–H and O–H groups in total. The highest BCUT2D eigenvalue weighted by atomic mass is 16.5. The summed E-state index contributed by atoms with van der Waals surface area (Å²) in [5, 5.41) is 3.45. The molecular formula is C19H30N4O2. The quantitative estimate of drug-likeness (QED) is 0.467. The lowest BCUT2D eigenvalue weighted by Crippen LogP contribution is -2.42. The van der Waals surface area contributed by atoms with Gasteiger partial charge in [0.15, 0.2) is 5.96 Å². The molecule has 3 rings (SSSR count). The molecular weight excluding hydrogens is 316 g/mol. The Bertz CT molecular complexity index is 587. The van der Waals surface area contributed by atoms with Crippen LogP contribution in [-0.2, 0) is 11.3 Å². The van der Waals surface area contributed by atoms with E-state index >= 15 is 0 Å². The molecule has 1 saturated carbocycles. The topological polar surface area (TPSA) is 59.0 Å². The second kappa shape index (κ2) is 8.52. The van der Waals surface area contributed by atoms with Crippen LogP contribution in [0.15, 0.2) is 23.3 Å². The van der Waals surface area contributed by atoms with Crippen LogP contribution in [0.1, 0.15) is 38.2 Å². The van der Waals surface area contributed by atoms with Gasteiger partial charge in [-0.05, 0) is 37.7 Å². The van der Waals surface area contributed by atoms with E-state index in [1.54, 1.807) is 13.3 Å². The third-order valence-electron chi connectivity index (χ3n) is 5.26. The van der Waals surface area contributed by atoms with Crippen LogP contribution < -0.4 is 10.1 Å². The molecule has 6 nitrogen and oxygen atoms in total. The molecule has 0 aromatic carbocycles. The lowest BCUT2D eigenvalue weighted by molar-refractivity contribution is 0.143. The summed E-state index contributed by atoms with van der Waals surface area (Å²) < 4.78 is 10.8. The van der Waals surface area contributed by atoms with Gasteiger partial charge in [-0.3, -0.25) is 0 Å². The number of methoxy groups -OCH3 is 1. The molecule has 6 heteroatoms. The van der Waals surface area contributed by atoms with Gasteiger partial charge in [0, 0.05) is 38.5 Å². The van der Waals surface area contributed by atoms with Crippen molar-refractivity contribution in [2.75, 3.05) is 40.0 Å². The molecule has 25 heavy (non-hydrogen) atoms. The maximum atomic E-state index is 5.72. The van der Waals surface area contributed by atoms with E-state index in [0.717, 1.165) is 31.2 Å². The summed E-state index contributed by atoms with van der Waals surface area (Å²) in [6.07, 6.45) is 7.20. The lowest BCUT2D eigenvalue weighted by atomic mass is 9.68. The number of aliphatic imine (C=N–C) groups is 1. The Labute approximate surface area is 150 Å². The van der Waals surface area contributed by atoms with Gasteiger partial charge in [0.2, 0.25) is 5.88 Å².